The molecule has 0 bridgehead atoms. The first-order valence-electron chi connectivity index (χ1n) is 12.6. The molecule has 2 aliphatic heterocycles. The van der Waals surface area contributed by atoms with Gasteiger partial charge in [0, 0.05) is 37.6 Å². The Balaban J connectivity index is 1.48. The zero-order valence-electron chi connectivity index (χ0n) is 21.1. The van der Waals surface area contributed by atoms with E-state index in [2.05, 4.69) is 20.1 Å². The number of amides is 1. The molecule has 0 saturated carbocycles. The van der Waals surface area contributed by atoms with E-state index in [-0.39, 0.29) is 16.3 Å². The van der Waals surface area contributed by atoms with Crippen molar-refractivity contribution in [3.8, 4) is 5.88 Å². The second-order valence-electron chi connectivity index (χ2n) is 9.34. The largest absolute Gasteiger partial charge is 0.493 e. The van der Waals surface area contributed by atoms with Crippen molar-refractivity contribution < 1.29 is 23.1 Å². The van der Waals surface area contributed by atoms with Crippen molar-refractivity contribution in [2.24, 2.45) is 10.2 Å². The molecule has 38 heavy (non-hydrogen) atoms. The van der Waals surface area contributed by atoms with Gasteiger partial charge in [0.2, 0.25) is 25.9 Å². The Kier molecular flexibility index (Phi) is 7.48. The van der Waals surface area contributed by atoms with Crippen LogP contribution < -0.4 is 9.81 Å². The minimum Gasteiger partial charge on any atom is -0.493 e. The molecular formula is C26H29N6O5S+. The molecule has 198 valence electrons. The molecule has 3 heterocycles. The lowest BCUT2D eigenvalue weighted by atomic mass is 10.1. The Morgan fingerprint density at radius 2 is 1.79 bits per heavy atom. The highest BCUT2D eigenvalue weighted by Crippen LogP contribution is 2.29. The molecule has 5 rings (SSSR count). The molecule has 11 nitrogen and oxygen atoms in total. The maximum absolute atomic E-state index is 13.3. The number of ether oxygens (including phenoxy) is 1. The van der Waals surface area contributed by atoms with E-state index in [0.29, 0.717) is 56.3 Å². The number of piperidine rings is 1. The van der Waals surface area contributed by atoms with Gasteiger partial charge >= 0.3 is 5.91 Å². The molecule has 0 spiro atoms. The van der Waals surface area contributed by atoms with Crippen molar-refractivity contribution in [3.63, 3.8) is 0 Å². The van der Waals surface area contributed by atoms with Crippen molar-refractivity contribution in [1.82, 2.24) is 14.2 Å². The average molecular weight is 538 g/mol. The number of hydrogen-bond donors (Lipinski definition) is 1. The maximum Gasteiger partial charge on any atom is 0.362 e. The van der Waals surface area contributed by atoms with Gasteiger partial charge in [-0.3, -0.25) is 4.79 Å². The molecule has 3 aromatic rings. The van der Waals surface area contributed by atoms with Crippen LogP contribution in [0.5, 0.6) is 5.88 Å². The standard InChI is InChI=1S/C26H28N6O5S/c1-18-15-25(33)27-23-7-5-19(16-21(18)23)28-30-29-26(34)22-17-20(38(35,36)32-9-3-2-4-10-32)6-8-24(22)31-11-13-37-14-12-31/h5-8,15-17H,2-4,9-14H2,1H3/p+1. The van der Waals surface area contributed by atoms with Crippen LogP contribution in [-0.4, -0.2) is 68.1 Å². The van der Waals surface area contributed by atoms with Gasteiger partial charge in [0.15, 0.2) is 10.8 Å². The number of aryl methyl sites for hydroxylation is 1. The normalized spacial score (nSPS) is 16.7. The Bertz CT molecular complexity index is 1540. The number of anilines is 1. The van der Waals surface area contributed by atoms with Gasteiger partial charge in [-0.25, -0.2) is 13.4 Å². The minimum atomic E-state index is -3.74. The molecule has 0 unspecified atom stereocenters. The topological polar surface area (TPSA) is 139 Å². The summed E-state index contributed by atoms with van der Waals surface area (Å²) in [6.45, 7) is 4.93. The molecule has 2 aliphatic rings. The van der Waals surface area contributed by atoms with E-state index < -0.39 is 15.9 Å². The fraction of sp³-hybridized carbons (Fsp3) is 0.385. The second-order valence-corrected chi connectivity index (χ2v) is 11.3. The second kappa shape index (κ2) is 11.0. The summed E-state index contributed by atoms with van der Waals surface area (Å²) in [6, 6.07) is 11.3. The van der Waals surface area contributed by atoms with Gasteiger partial charge in [-0.15, -0.1) is 0 Å². The van der Waals surface area contributed by atoms with Gasteiger partial charge in [0.25, 0.3) is 0 Å². The summed E-state index contributed by atoms with van der Waals surface area (Å²) in [6.07, 6.45) is 2.64. The summed E-state index contributed by atoms with van der Waals surface area (Å²) in [5.41, 5.74) is 2.62. The minimum absolute atomic E-state index is 0.0626. The zero-order valence-corrected chi connectivity index (χ0v) is 21.9. The lowest BCUT2D eigenvalue weighted by Crippen LogP contribution is -2.37. The quantitative estimate of drug-likeness (QED) is 0.387. The number of aromatic hydroxyl groups is 1. The van der Waals surface area contributed by atoms with Crippen molar-refractivity contribution in [2.75, 3.05) is 44.3 Å². The van der Waals surface area contributed by atoms with Crippen LogP contribution in [0.2, 0.25) is 0 Å². The van der Waals surface area contributed by atoms with Gasteiger partial charge in [-0.1, -0.05) is 6.42 Å². The van der Waals surface area contributed by atoms with E-state index in [9.17, 15) is 18.3 Å². The number of carbonyl (C=O) groups is 1. The van der Waals surface area contributed by atoms with Gasteiger partial charge in [0.1, 0.15) is 0 Å². The number of benzene rings is 2. The number of aromatic nitrogens is 1. The van der Waals surface area contributed by atoms with E-state index >= 15 is 0 Å². The summed E-state index contributed by atoms with van der Waals surface area (Å²) in [7, 11) is -3.74. The molecule has 2 fully saturated rings. The molecular weight excluding hydrogens is 508 g/mol. The number of pyridine rings is 1. The van der Waals surface area contributed by atoms with Crippen LogP contribution in [0.4, 0.5) is 11.4 Å². The third-order valence-electron chi connectivity index (χ3n) is 6.78. The summed E-state index contributed by atoms with van der Waals surface area (Å²) in [5, 5.41) is 18.3. The number of nitrogens with zero attached hydrogens (tertiary/aromatic N) is 6. The number of carbonyl (C=O) groups excluding carboxylic acids is 1. The third kappa shape index (κ3) is 5.44. The molecule has 0 radical (unpaired) electrons. The summed E-state index contributed by atoms with van der Waals surface area (Å²) in [5.74, 6) is -0.750. The lowest BCUT2D eigenvalue weighted by Gasteiger charge is -2.30. The number of hydrogen-bond acceptors (Lipinski definition) is 8. The number of rotatable bonds is 5. The smallest absolute Gasteiger partial charge is 0.362 e. The summed E-state index contributed by atoms with van der Waals surface area (Å²) >= 11 is 0. The van der Waals surface area contributed by atoms with Crippen LogP contribution in [0, 0.1) is 6.92 Å². The molecule has 1 amide bonds. The van der Waals surface area contributed by atoms with Gasteiger partial charge in [-0.05, 0) is 61.7 Å². The SMILES string of the molecule is Cc1cc(O)nc2ccc(N=[N+]=NC(=O)c3cc(S(=O)(=O)N4CCCCC4)ccc3N3CCOCC3)cc12. The lowest BCUT2D eigenvalue weighted by molar-refractivity contribution is 0.0990. The molecule has 2 saturated heterocycles. The van der Waals surface area contributed by atoms with E-state index in [4.69, 9.17) is 4.74 Å². The Hall–Kier alpha value is -3.70. The average Bonchev–Trinajstić information content (AvgIpc) is 2.94. The highest BCUT2D eigenvalue weighted by atomic mass is 32.2. The first-order chi connectivity index (χ1) is 18.3. The van der Waals surface area contributed by atoms with Gasteiger partial charge < -0.3 is 14.7 Å². The monoisotopic (exact) mass is 537 g/mol. The predicted molar refractivity (Wildman–Crippen MR) is 141 cm³/mol. The molecule has 1 aromatic heterocycles. The fourth-order valence-corrected chi connectivity index (χ4v) is 6.32. The molecule has 12 heteroatoms. The first kappa shape index (κ1) is 25.9. The molecule has 0 atom stereocenters. The number of fused-ring (bicyclic) bond motifs is 1. The van der Waals surface area contributed by atoms with Gasteiger partial charge in [-0.2, -0.15) is 4.31 Å². The molecule has 1 N–H and O–H groups in total. The highest BCUT2D eigenvalue weighted by Gasteiger charge is 2.29. The van der Waals surface area contributed by atoms with Crippen LogP contribution in [0.3, 0.4) is 0 Å². The predicted octanol–water partition coefficient (Wildman–Crippen LogP) is 3.70. The summed E-state index contributed by atoms with van der Waals surface area (Å²) in [4.78, 5) is 23.1. The molecule has 2 aromatic carbocycles. The third-order valence-corrected chi connectivity index (χ3v) is 8.68. The number of morpholine rings is 1. The van der Waals surface area contributed by atoms with Crippen molar-refractivity contribution in [1.29, 1.82) is 0 Å². The first-order valence-corrected chi connectivity index (χ1v) is 14.0. The zero-order chi connectivity index (χ0) is 26.7. The van der Waals surface area contributed by atoms with Crippen LogP contribution >= 0.6 is 0 Å². The van der Waals surface area contributed by atoms with E-state index in [1.165, 1.54) is 10.4 Å². The van der Waals surface area contributed by atoms with Crippen molar-refractivity contribution in [2.45, 2.75) is 31.1 Å². The van der Waals surface area contributed by atoms with Crippen LogP contribution in [0.1, 0.15) is 35.2 Å². The van der Waals surface area contributed by atoms with Crippen LogP contribution in [0.25, 0.3) is 10.9 Å². The van der Waals surface area contributed by atoms with Gasteiger partial charge in [0.05, 0.1) is 34.9 Å². The van der Waals surface area contributed by atoms with Crippen LogP contribution in [0.15, 0.2) is 57.6 Å². The Morgan fingerprint density at radius 1 is 1.03 bits per heavy atom. The number of sulfonamides is 1. The van der Waals surface area contributed by atoms with E-state index in [1.807, 2.05) is 11.8 Å². The molecule has 0 aliphatic carbocycles. The Labute approximate surface area is 220 Å². The van der Waals surface area contributed by atoms with E-state index in [0.717, 1.165) is 30.2 Å². The Morgan fingerprint density at radius 3 is 2.55 bits per heavy atom. The van der Waals surface area contributed by atoms with E-state index in [1.54, 1.807) is 36.4 Å². The van der Waals surface area contributed by atoms with Crippen molar-refractivity contribution in [3.05, 3.63) is 53.6 Å². The maximum atomic E-state index is 13.3. The highest BCUT2D eigenvalue weighted by molar-refractivity contribution is 7.89. The summed E-state index contributed by atoms with van der Waals surface area (Å²) < 4.78 is 33.5. The fourth-order valence-electron chi connectivity index (χ4n) is 4.78. The van der Waals surface area contributed by atoms with Crippen molar-refractivity contribution >= 4 is 38.2 Å². The van der Waals surface area contributed by atoms with Crippen LogP contribution in [-0.2, 0) is 14.8 Å².